The lowest BCUT2D eigenvalue weighted by Gasteiger charge is -2.38. The number of hydrogen-bond acceptors (Lipinski definition) is 2. The number of nitrogens with one attached hydrogen (secondary N) is 1. The van der Waals surface area contributed by atoms with Gasteiger partial charge in [0.2, 0.25) is 0 Å². The lowest BCUT2D eigenvalue weighted by Crippen LogP contribution is -2.39. The van der Waals surface area contributed by atoms with E-state index in [1.807, 2.05) is 12.1 Å². The number of benzene rings is 1. The smallest absolute Gasteiger partial charge is 0.122 e. The molecule has 94 valence electrons. The van der Waals surface area contributed by atoms with Crippen LogP contribution in [0.3, 0.4) is 0 Å². The summed E-state index contributed by atoms with van der Waals surface area (Å²) in [5.74, 6) is 0.971. The Morgan fingerprint density at radius 3 is 2.65 bits per heavy atom. The zero-order chi connectivity index (χ0) is 12.3. The molecule has 2 rings (SSSR count). The van der Waals surface area contributed by atoms with E-state index < -0.39 is 0 Å². The van der Waals surface area contributed by atoms with Crippen molar-refractivity contribution in [2.24, 2.45) is 0 Å². The summed E-state index contributed by atoms with van der Waals surface area (Å²) in [4.78, 5) is 0. The van der Waals surface area contributed by atoms with Gasteiger partial charge >= 0.3 is 0 Å². The summed E-state index contributed by atoms with van der Waals surface area (Å²) in [6, 6.07) is 5.96. The van der Waals surface area contributed by atoms with Crippen molar-refractivity contribution in [3.05, 3.63) is 28.8 Å². The van der Waals surface area contributed by atoms with Crippen molar-refractivity contribution in [3.8, 4) is 5.75 Å². The molecule has 0 unspecified atom stereocenters. The maximum absolute atomic E-state index is 6.14. The summed E-state index contributed by atoms with van der Waals surface area (Å²) in [5, 5.41) is 4.22. The van der Waals surface area contributed by atoms with E-state index >= 15 is 0 Å². The Bertz CT molecular complexity index is 386. The molecule has 3 heteroatoms. The van der Waals surface area contributed by atoms with Gasteiger partial charge in [0.15, 0.2) is 0 Å². The predicted molar refractivity (Wildman–Crippen MR) is 72.1 cm³/mol. The zero-order valence-electron chi connectivity index (χ0n) is 10.6. The fourth-order valence-corrected chi connectivity index (χ4v) is 2.99. The third-order valence-electron chi connectivity index (χ3n) is 3.97. The van der Waals surface area contributed by atoms with Crippen molar-refractivity contribution in [1.29, 1.82) is 0 Å². The van der Waals surface area contributed by atoms with Crippen molar-refractivity contribution in [2.45, 2.75) is 31.6 Å². The van der Waals surface area contributed by atoms with Gasteiger partial charge in [-0.2, -0.15) is 0 Å². The molecule has 0 amide bonds. The minimum Gasteiger partial charge on any atom is -0.496 e. The number of rotatable bonds is 3. The van der Waals surface area contributed by atoms with Crippen LogP contribution in [-0.4, -0.2) is 20.2 Å². The molecule has 2 nitrogen and oxygen atoms in total. The molecule has 1 aliphatic rings. The van der Waals surface area contributed by atoms with E-state index in [1.165, 1.54) is 5.56 Å². The van der Waals surface area contributed by atoms with E-state index in [2.05, 4.69) is 18.3 Å². The molecule has 0 saturated carbocycles. The van der Waals surface area contributed by atoms with Gasteiger partial charge in [0, 0.05) is 16.0 Å². The molecule has 17 heavy (non-hydrogen) atoms. The Hall–Kier alpha value is -0.730. The first-order chi connectivity index (χ1) is 8.22. The highest BCUT2D eigenvalue weighted by Gasteiger charge is 2.34. The largest absolute Gasteiger partial charge is 0.496 e. The Labute approximate surface area is 108 Å². The van der Waals surface area contributed by atoms with Gasteiger partial charge in [-0.1, -0.05) is 18.5 Å². The standard InChI is InChI=1S/C14H20ClNO/c1-3-14(6-8-16-9-7-14)12-10-11(15)4-5-13(12)17-2/h4-5,10,16H,3,6-9H2,1-2H3. The van der Waals surface area contributed by atoms with Gasteiger partial charge in [-0.15, -0.1) is 0 Å². The predicted octanol–water partition coefficient (Wildman–Crippen LogP) is 3.38. The molecule has 1 aliphatic heterocycles. The third kappa shape index (κ3) is 2.43. The van der Waals surface area contributed by atoms with Crippen LogP contribution in [-0.2, 0) is 5.41 Å². The first-order valence-corrected chi connectivity index (χ1v) is 6.64. The Kier molecular flexibility index (Phi) is 3.95. The highest BCUT2D eigenvalue weighted by molar-refractivity contribution is 6.30. The van der Waals surface area contributed by atoms with E-state index in [0.29, 0.717) is 0 Å². The Morgan fingerprint density at radius 2 is 2.06 bits per heavy atom. The van der Waals surface area contributed by atoms with Gasteiger partial charge in [-0.25, -0.2) is 0 Å². The monoisotopic (exact) mass is 253 g/mol. The molecule has 1 aromatic rings. The van der Waals surface area contributed by atoms with Crippen LogP contribution < -0.4 is 10.1 Å². The second kappa shape index (κ2) is 5.28. The van der Waals surface area contributed by atoms with Crippen molar-refractivity contribution < 1.29 is 4.74 Å². The first kappa shape index (κ1) is 12.7. The molecule has 0 atom stereocenters. The quantitative estimate of drug-likeness (QED) is 0.892. The summed E-state index contributed by atoms with van der Waals surface area (Å²) in [6.45, 7) is 4.40. The number of piperidine rings is 1. The molecule has 1 N–H and O–H groups in total. The van der Waals surface area contributed by atoms with Gasteiger partial charge < -0.3 is 10.1 Å². The number of methoxy groups -OCH3 is 1. The van der Waals surface area contributed by atoms with Crippen molar-refractivity contribution >= 4 is 11.6 Å². The topological polar surface area (TPSA) is 21.3 Å². The van der Waals surface area contributed by atoms with Crippen LogP contribution >= 0.6 is 11.6 Å². The number of hydrogen-bond donors (Lipinski definition) is 1. The van der Waals surface area contributed by atoms with Gasteiger partial charge in [-0.05, 0) is 50.6 Å². The van der Waals surface area contributed by atoms with Crippen LogP contribution in [0, 0.1) is 0 Å². The molecular formula is C14H20ClNO. The van der Waals surface area contributed by atoms with E-state index in [1.54, 1.807) is 7.11 Å². The van der Waals surface area contributed by atoms with Gasteiger partial charge in [0.05, 0.1) is 7.11 Å². The van der Waals surface area contributed by atoms with Gasteiger partial charge in [0.25, 0.3) is 0 Å². The van der Waals surface area contributed by atoms with Crippen LogP contribution in [0.15, 0.2) is 18.2 Å². The summed E-state index contributed by atoms with van der Waals surface area (Å²) in [5.41, 5.74) is 1.50. The molecule has 1 fully saturated rings. The summed E-state index contributed by atoms with van der Waals surface area (Å²) >= 11 is 6.14. The molecule has 1 aromatic carbocycles. The highest BCUT2D eigenvalue weighted by atomic mass is 35.5. The molecule has 0 aliphatic carbocycles. The second-order valence-corrected chi connectivity index (χ2v) is 5.16. The average Bonchev–Trinajstić information content (AvgIpc) is 2.39. The first-order valence-electron chi connectivity index (χ1n) is 6.26. The molecule has 0 radical (unpaired) electrons. The number of ether oxygens (including phenoxy) is 1. The summed E-state index contributed by atoms with van der Waals surface area (Å²) in [7, 11) is 1.73. The van der Waals surface area contributed by atoms with E-state index in [4.69, 9.17) is 16.3 Å². The lowest BCUT2D eigenvalue weighted by atomic mass is 9.71. The van der Waals surface area contributed by atoms with Gasteiger partial charge in [-0.3, -0.25) is 0 Å². The molecule has 1 saturated heterocycles. The maximum Gasteiger partial charge on any atom is 0.122 e. The van der Waals surface area contributed by atoms with E-state index in [9.17, 15) is 0 Å². The van der Waals surface area contributed by atoms with Crippen molar-refractivity contribution in [2.75, 3.05) is 20.2 Å². The third-order valence-corrected chi connectivity index (χ3v) is 4.21. The Balaban J connectivity index is 2.44. The lowest BCUT2D eigenvalue weighted by molar-refractivity contribution is 0.285. The van der Waals surface area contributed by atoms with Crippen LogP contribution in [0.4, 0.5) is 0 Å². The summed E-state index contributed by atoms with van der Waals surface area (Å²) < 4.78 is 5.50. The average molecular weight is 254 g/mol. The Morgan fingerprint density at radius 1 is 1.35 bits per heavy atom. The van der Waals surface area contributed by atoms with Crippen LogP contribution in [0.1, 0.15) is 31.7 Å². The maximum atomic E-state index is 6.14. The zero-order valence-corrected chi connectivity index (χ0v) is 11.3. The van der Waals surface area contributed by atoms with Crippen LogP contribution in [0.25, 0.3) is 0 Å². The van der Waals surface area contributed by atoms with E-state index in [-0.39, 0.29) is 5.41 Å². The normalized spacial score (nSPS) is 19.0. The molecule has 0 aromatic heterocycles. The molecule has 0 spiro atoms. The van der Waals surface area contributed by atoms with Gasteiger partial charge in [0.1, 0.15) is 5.75 Å². The fraction of sp³-hybridized carbons (Fsp3) is 0.571. The van der Waals surface area contributed by atoms with Crippen LogP contribution in [0.2, 0.25) is 5.02 Å². The summed E-state index contributed by atoms with van der Waals surface area (Å²) in [6.07, 6.45) is 3.44. The molecular weight excluding hydrogens is 234 g/mol. The van der Waals surface area contributed by atoms with Crippen molar-refractivity contribution in [3.63, 3.8) is 0 Å². The molecule has 1 heterocycles. The van der Waals surface area contributed by atoms with Crippen molar-refractivity contribution in [1.82, 2.24) is 5.32 Å². The fourth-order valence-electron chi connectivity index (χ4n) is 2.81. The minimum absolute atomic E-state index is 0.224. The SMILES string of the molecule is CCC1(c2cc(Cl)ccc2OC)CCNCC1. The van der Waals surface area contributed by atoms with E-state index in [0.717, 1.165) is 43.1 Å². The molecule has 0 bridgehead atoms. The second-order valence-electron chi connectivity index (χ2n) is 4.73. The minimum atomic E-state index is 0.224. The number of halogens is 1. The highest BCUT2D eigenvalue weighted by Crippen LogP contribution is 2.42. The van der Waals surface area contributed by atoms with Crippen LogP contribution in [0.5, 0.6) is 5.75 Å².